The molecule has 0 aromatic heterocycles. The van der Waals surface area contributed by atoms with Gasteiger partial charge in [0.05, 0.1) is 11.5 Å². The van der Waals surface area contributed by atoms with Crippen LogP contribution in [0.15, 0.2) is 42.5 Å². The zero-order valence-electron chi connectivity index (χ0n) is 20.4. The lowest BCUT2D eigenvalue weighted by molar-refractivity contribution is -0.190. The highest BCUT2D eigenvalue weighted by atomic mass is 35.5. The third-order valence-electron chi connectivity index (χ3n) is 7.58. The third kappa shape index (κ3) is 5.37. The van der Waals surface area contributed by atoms with Gasteiger partial charge >= 0.3 is 6.18 Å². The van der Waals surface area contributed by atoms with E-state index in [-0.39, 0.29) is 41.4 Å². The molecule has 1 heterocycles. The van der Waals surface area contributed by atoms with Gasteiger partial charge in [-0.3, -0.25) is 4.79 Å². The molecule has 4 rings (SSSR count). The number of carbonyl (C=O) groups excluding carboxylic acids is 1. The average molecular weight is 543 g/mol. The second kappa shape index (κ2) is 9.56. The highest BCUT2D eigenvalue weighted by molar-refractivity contribution is 7.91. The summed E-state index contributed by atoms with van der Waals surface area (Å²) in [6, 6.07) is 9.72. The van der Waals surface area contributed by atoms with E-state index in [1.807, 2.05) is 18.2 Å². The first-order valence-electron chi connectivity index (χ1n) is 11.9. The summed E-state index contributed by atoms with van der Waals surface area (Å²) in [6.45, 7) is 4.22. The molecule has 1 aliphatic carbocycles. The fourth-order valence-electron chi connectivity index (χ4n) is 5.37. The number of carbonyl (C=O) groups is 1. The third-order valence-corrected chi connectivity index (χ3v) is 9.53. The lowest BCUT2D eigenvalue weighted by atomic mass is 9.83. The van der Waals surface area contributed by atoms with Gasteiger partial charge < -0.3 is 10.2 Å². The zero-order valence-corrected chi connectivity index (χ0v) is 22.0. The van der Waals surface area contributed by atoms with Crippen LogP contribution in [0.4, 0.5) is 18.9 Å². The quantitative estimate of drug-likeness (QED) is 0.538. The van der Waals surface area contributed by atoms with Gasteiger partial charge in [0.1, 0.15) is 9.84 Å². The molecule has 2 aliphatic rings. The predicted molar refractivity (Wildman–Crippen MR) is 135 cm³/mol. The number of nitrogens with zero attached hydrogens (tertiary/aromatic N) is 1. The van der Waals surface area contributed by atoms with E-state index in [0.717, 1.165) is 19.0 Å². The van der Waals surface area contributed by atoms with Crippen LogP contribution in [0.3, 0.4) is 0 Å². The number of hydrogen-bond acceptors (Lipinski definition) is 4. The highest BCUT2D eigenvalue weighted by Crippen LogP contribution is 2.42. The average Bonchev–Trinajstić information content (AvgIpc) is 3.03. The molecule has 1 aliphatic heterocycles. The molecule has 0 saturated carbocycles. The van der Waals surface area contributed by atoms with Gasteiger partial charge in [-0.05, 0) is 60.2 Å². The van der Waals surface area contributed by atoms with Crippen molar-refractivity contribution in [3.8, 4) is 0 Å². The largest absolute Gasteiger partial charge is 0.413 e. The molecule has 1 fully saturated rings. The Morgan fingerprint density at radius 2 is 1.72 bits per heavy atom. The maximum absolute atomic E-state index is 14.1. The molecule has 1 N–H and O–H groups in total. The Hall–Kier alpha value is -2.26. The number of benzene rings is 2. The number of fused-ring (bicyclic) bond motifs is 1. The normalized spacial score (nSPS) is 22.0. The molecular formula is C26H30ClF3N2O3S. The Morgan fingerprint density at radius 1 is 1.11 bits per heavy atom. The summed E-state index contributed by atoms with van der Waals surface area (Å²) in [5.41, 5.74) is 2.74. The van der Waals surface area contributed by atoms with Crippen LogP contribution in [0.1, 0.15) is 49.4 Å². The van der Waals surface area contributed by atoms with Crippen LogP contribution in [0.2, 0.25) is 5.02 Å². The van der Waals surface area contributed by atoms with E-state index in [4.69, 9.17) is 11.6 Å². The number of rotatable bonds is 5. The highest BCUT2D eigenvalue weighted by Gasteiger charge is 2.47. The zero-order chi connectivity index (χ0) is 26.5. The van der Waals surface area contributed by atoms with Crippen molar-refractivity contribution in [2.45, 2.75) is 56.8 Å². The van der Waals surface area contributed by atoms with E-state index in [1.165, 1.54) is 17.7 Å². The summed E-state index contributed by atoms with van der Waals surface area (Å²) in [6.07, 6.45) is -3.83. The molecule has 1 saturated heterocycles. The number of alkyl halides is 3. The van der Waals surface area contributed by atoms with Crippen LogP contribution in [0, 0.1) is 5.92 Å². The van der Waals surface area contributed by atoms with Gasteiger partial charge in [0.25, 0.3) is 0 Å². The Morgan fingerprint density at radius 3 is 2.31 bits per heavy atom. The Kier molecular flexibility index (Phi) is 7.11. The Balaban J connectivity index is 1.50. The summed E-state index contributed by atoms with van der Waals surface area (Å²) >= 11 is 6.19. The van der Waals surface area contributed by atoms with Crippen LogP contribution >= 0.6 is 11.6 Å². The molecule has 5 nitrogen and oxygen atoms in total. The molecule has 2 atom stereocenters. The van der Waals surface area contributed by atoms with E-state index < -0.39 is 33.9 Å². The van der Waals surface area contributed by atoms with Gasteiger partial charge in [0.15, 0.2) is 6.04 Å². The molecule has 0 bridgehead atoms. The fourth-order valence-corrected chi connectivity index (χ4v) is 7.03. The molecule has 1 amide bonds. The van der Waals surface area contributed by atoms with E-state index in [9.17, 15) is 26.4 Å². The number of anilines is 1. The van der Waals surface area contributed by atoms with Gasteiger partial charge in [-0.15, -0.1) is 0 Å². The second-order valence-corrected chi connectivity index (χ2v) is 13.1. The first kappa shape index (κ1) is 26.8. The number of sulfone groups is 1. The van der Waals surface area contributed by atoms with E-state index in [0.29, 0.717) is 15.6 Å². The van der Waals surface area contributed by atoms with Crippen molar-refractivity contribution in [2.24, 2.45) is 5.92 Å². The molecule has 2 aromatic rings. The van der Waals surface area contributed by atoms with Crippen molar-refractivity contribution in [1.82, 2.24) is 4.90 Å². The summed E-state index contributed by atoms with van der Waals surface area (Å²) in [4.78, 5) is 13.6. The Bertz CT molecular complexity index is 1230. The molecule has 36 heavy (non-hydrogen) atoms. The van der Waals surface area contributed by atoms with E-state index in [2.05, 4.69) is 19.2 Å². The lowest BCUT2D eigenvalue weighted by Crippen LogP contribution is -2.44. The van der Waals surface area contributed by atoms with Crippen molar-refractivity contribution in [2.75, 3.05) is 23.9 Å². The number of amides is 1. The molecule has 0 radical (unpaired) electrons. The van der Waals surface area contributed by atoms with Crippen molar-refractivity contribution >= 4 is 33.0 Å². The maximum Gasteiger partial charge on any atom is 0.413 e. The van der Waals surface area contributed by atoms with Crippen molar-refractivity contribution in [3.05, 3.63) is 64.2 Å². The van der Waals surface area contributed by atoms with Gasteiger partial charge in [-0.1, -0.05) is 43.6 Å². The lowest BCUT2D eigenvalue weighted by Gasteiger charge is -2.34. The summed E-state index contributed by atoms with van der Waals surface area (Å²) < 4.78 is 65.6. The van der Waals surface area contributed by atoms with Crippen LogP contribution in [-0.4, -0.2) is 50.0 Å². The standard InChI is InChI=1S/C26H30ClF3N2O3S/c1-25(2)21-15-19(27)7-4-18(21)14-22(25)31-20-8-5-16(6-9-20)23(26(28,29)30)32(3)24(33)17-10-12-36(34,35)13-11-17/h4-9,15,17,22-23,31H,10-14H2,1-3H3/t22?,23-/m0/s1. The number of nitrogens with one attached hydrogen (secondary N) is 1. The van der Waals surface area contributed by atoms with Gasteiger partial charge in [0.2, 0.25) is 5.91 Å². The number of hydrogen-bond donors (Lipinski definition) is 1. The van der Waals surface area contributed by atoms with Crippen LogP contribution in [0.5, 0.6) is 0 Å². The van der Waals surface area contributed by atoms with Gasteiger partial charge in [0, 0.05) is 35.1 Å². The molecule has 2 aromatic carbocycles. The van der Waals surface area contributed by atoms with Crippen molar-refractivity contribution < 1.29 is 26.4 Å². The topological polar surface area (TPSA) is 66.5 Å². The monoisotopic (exact) mass is 542 g/mol. The number of halogens is 4. The predicted octanol–water partition coefficient (Wildman–Crippen LogP) is 5.54. The van der Waals surface area contributed by atoms with Gasteiger partial charge in [-0.2, -0.15) is 13.2 Å². The molecule has 10 heteroatoms. The molecular weight excluding hydrogens is 513 g/mol. The van der Waals surface area contributed by atoms with E-state index >= 15 is 0 Å². The van der Waals surface area contributed by atoms with Crippen LogP contribution in [0.25, 0.3) is 0 Å². The summed E-state index contributed by atoms with van der Waals surface area (Å²) in [5, 5.41) is 4.12. The molecule has 1 unspecified atom stereocenters. The maximum atomic E-state index is 14.1. The van der Waals surface area contributed by atoms with Gasteiger partial charge in [-0.25, -0.2) is 8.42 Å². The summed E-state index contributed by atoms with van der Waals surface area (Å²) in [7, 11) is -2.09. The summed E-state index contributed by atoms with van der Waals surface area (Å²) in [5.74, 6) is -1.77. The van der Waals surface area contributed by atoms with Crippen LogP contribution in [-0.2, 0) is 26.5 Å². The van der Waals surface area contributed by atoms with Crippen LogP contribution < -0.4 is 5.32 Å². The van der Waals surface area contributed by atoms with Crippen molar-refractivity contribution in [3.63, 3.8) is 0 Å². The minimum atomic E-state index is -4.69. The first-order chi connectivity index (χ1) is 16.7. The van der Waals surface area contributed by atoms with E-state index in [1.54, 1.807) is 12.1 Å². The minimum absolute atomic E-state index is 0.0297. The second-order valence-electron chi connectivity index (χ2n) is 10.4. The first-order valence-corrected chi connectivity index (χ1v) is 14.1. The molecule has 196 valence electrons. The smallest absolute Gasteiger partial charge is 0.381 e. The van der Waals surface area contributed by atoms with Crippen molar-refractivity contribution in [1.29, 1.82) is 0 Å². The molecule has 0 spiro atoms. The fraction of sp³-hybridized carbons (Fsp3) is 0.500. The minimum Gasteiger partial charge on any atom is -0.381 e. The SMILES string of the molecule is CN(C(=O)C1CCS(=O)(=O)CC1)[C@@H](c1ccc(NC2Cc3ccc(Cl)cc3C2(C)C)cc1)C(F)(F)F. The Labute approximate surface area is 214 Å².